The molecule has 1 N–H and O–H groups in total. The van der Waals surface area contributed by atoms with Gasteiger partial charge in [0, 0.05) is 13.0 Å². The van der Waals surface area contributed by atoms with Crippen molar-refractivity contribution in [1.29, 1.82) is 0 Å². The standard InChI is InChI=1S/C44H87NO6/c1-5-8-11-14-18-25-32-42(33-26-19-15-12-9-6-2)51-43(47)34-27-20-16-21-28-35-45(37-38-46)36-29-22-23-30-39-49-44(48)50-40-41(4)31-24-17-13-10-7-3/h41-42,46H,5-40H2,1-4H3. The molecule has 0 radical (unpaired) electrons. The van der Waals surface area contributed by atoms with Crippen LogP contribution in [0.15, 0.2) is 0 Å². The van der Waals surface area contributed by atoms with Gasteiger partial charge < -0.3 is 24.2 Å². The van der Waals surface area contributed by atoms with Crippen LogP contribution >= 0.6 is 0 Å². The Morgan fingerprint density at radius 3 is 1.51 bits per heavy atom. The van der Waals surface area contributed by atoms with E-state index in [1.165, 1.54) is 109 Å². The number of carbonyl (C=O) groups excluding carboxylic acids is 2. The Bertz CT molecular complexity index is 718. The molecule has 0 aromatic heterocycles. The maximum atomic E-state index is 12.7. The fraction of sp³-hybridized carbons (Fsp3) is 0.955. The topological polar surface area (TPSA) is 85.3 Å². The Morgan fingerprint density at radius 1 is 0.529 bits per heavy atom. The highest BCUT2D eigenvalue weighted by Crippen LogP contribution is 2.18. The summed E-state index contributed by atoms with van der Waals surface area (Å²) in [6, 6.07) is 0. The molecule has 7 nitrogen and oxygen atoms in total. The molecular formula is C44H87NO6. The fourth-order valence-electron chi connectivity index (χ4n) is 6.80. The van der Waals surface area contributed by atoms with Gasteiger partial charge in [-0.1, -0.05) is 156 Å². The maximum absolute atomic E-state index is 12.7. The normalized spacial score (nSPS) is 12.1. The summed E-state index contributed by atoms with van der Waals surface area (Å²) >= 11 is 0. The summed E-state index contributed by atoms with van der Waals surface area (Å²) in [5, 5.41) is 9.54. The van der Waals surface area contributed by atoms with Gasteiger partial charge in [0.25, 0.3) is 0 Å². The number of aliphatic hydroxyl groups excluding tert-OH is 1. The minimum absolute atomic E-state index is 0.00557. The van der Waals surface area contributed by atoms with Gasteiger partial charge in [-0.3, -0.25) is 4.79 Å². The van der Waals surface area contributed by atoms with Crippen molar-refractivity contribution in [3.63, 3.8) is 0 Å². The van der Waals surface area contributed by atoms with Crippen LogP contribution in [-0.2, 0) is 19.0 Å². The number of rotatable bonds is 40. The number of esters is 1. The average Bonchev–Trinajstić information content (AvgIpc) is 3.12. The van der Waals surface area contributed by atoms with E-state index in [1.807, 2.05) is 0 Å². The van der Waals surface area contributed by atoms with E-state index in [2.05, 4.69) is 32.6 Å². The van der Waals surface area contributed by atoms with E-state index < -0.39 is 6.16 Å². The van der Waals surface area contributed by atoms with E-state index in [9.17, 15) is 14.7 Å². The summed E-state index contributed by atoms with van der Waals surface area (Å²) in [6.07, 6.45) is 34.4. The molecule has 0 aliphatic carbocycles. The zero-order chi connectivity index (χ0) is 37.5. The van der Waals surface area contributed by atoms with Crippen LogP contribution < -0.4 is 0 Å². The predicted molar refractivity (Wildman–Crippen MR) is 215 cm³/mol. The molecule has 0 saturated carbocycles. The summed E-state index contributed by atoms with van der Waals surface area (Å²) in [7, 11) is 0. The second kappa shape index (κ2) is 39.9. The number of unbranched alkanes of at least 4 members (excludes halogenated alkanes) is 21. The number of carbonyl (C=O) groups is 2. The van der Waals surface area contributed by atoms with Gasteiger partial charge in [-0.2, -0.15) is 0 Å². The second-order valence-corrected chi connectivity index (χ2v) is 15.4. The molecule has 0 saturated heterocycles. The van der Waals surface area contributed by atoms with Crippen LogP contribution in [0.1, 0.15) is 220 Å². The molecule has 0 aliphatic heterocycles. The maximum Gasteiger partial charge on any atom is 0.508 e. The minimum atomic E-state index is -0.534. The number of aliphatic hydroxyl groups is 1. The molecule has 304 valence electrons. The minimum Gasteiger partial charge on any atom is -0.462 e. The Balaban J connectivity index is 3.98. The van der Waals surface area contributed by atoms with Crippen LogP contribution in [0.2, 0.25) is 0 Å². The lowest BCUT2D eigenvalue weighted by atomic mass is 10.0. The summed E-state index contributed by atoms with van der Waals surface area (Å²) in [5.41, 5.74) is 0. The summed E-state index contributed by atoms with van der Waals surface area (Å²) in [4.78, 5) is 26.9. The Labute approximate surface area is 317 Å². The summed E-state index contributed by atoms with van der Waals surface area (Å²) in [6.45, 7) is 12.6. The third-order valence-corrected chi connectivity index (χ3v) is 10.2. The molecule has 0 aliphatic rings. The van der Waals surface area contributed by atoms with Crippen molar-refractivity contribution in [2.24, 2.45) is 5.92 Å². The first-order valence-corrected chi connectivity index (χ1v) is 22.3. The smallest absolute Gasteiger partial charge is 0.462 e. The molecule has 0 spiro atoms. The molecule has 0 bridgehead atoms. The van der Waals surface area contributed by atoms with Crippen LogP contribution in [0.3, 0.4) is 0 Å². The van der Waals surface area contributed by atoms with Gasteiger partial charge in [-0.25, -0.2) is 4.79 Å². The van der Waals surface area contributed by atoms with Crippen LogP contribution in [0.4, 0.5) is 4.79 Å². The lowest BCUT2D eigenvalue weighted by molar-refractivity contribution is -0.150. The average molecular weight is 726 g/mol. The van der Waals surface area contributed by atoms with Gasteiger partial charge in [-0.05, 0) is 76.8 Å². The van der Waals surface area contributed by atoms with Gasteiger partial charge in [0.2, 0.25) is 0 Å². The van der Waals surface area contributed by atoms with Crippen LogP contribution in [-0.4, -0.2) is 67.7 Å². The van der Waals surface area contributed by atoms with Crippen molar-refractivity contribution < 1.29 is 28.9 Å². The SMILES string of the molecule is CCCCCCCCC(CCCCCCCC)OC(=O)CCCCCCCN(CCO)CCCCCCOC(=O)OCC(C)CCCCCCC. The van der Waals surface area contributed by atoms with Crippen LogP contribution in [0, 0.1) is 5.92 Å². The van der Waals surface area contributed by atoms with Crippen molar-refractivity contribution in [3.8, 4) is 0 Å². The molecule has 7 heteroatoms. The zero-order valence-corrected chi connectivity index (χ0v) is 34.5. The number of hydrogen-bond acceptors (Lipinski definition) is 7. The van der Waals surface area contributed by atoms with E-state index in [1.54, 1.807) is 0 Å². The van der Waals surface area contributed by atoms with Gasteiger partial charge in [-0.15, -0.1) is 0 Å². The molecule has 1 unspecified atom stereocenters. The predicted octanol–water partition coefficient (Wildman–Crippen LogP) is 12.7. The summed E-state index contributed by atoms with van der Waals surface area (Å²) < 4.78 is 16.6. The Morgan fingerprint density at radius 2 is 0.980 bits per heavy atom. The zero-order valence-electron chi connectivity index (χ0n) is 34.5. The first-order valence-electron chi connectivity index (χ1n) is 22.3. The lowest BCUT2D eigenvalue weighted by Gasteiger charge is -2.21. The van der Waals surface area contributed by atoms with Crippen molar-refractivity contribution in [3.05, 3.63) is 0 Å². The first-order chi connectivity index (χ1) is 25.0. The molecule has 0 fully saturated rings. The molecule has 0 heterocycles. The first kappa shape index (κ1) is 49.7. The van der Waals surface area contributed by atoms with Gasteiger partial charge in [0.1, 0.15) is 6.10 Å². The molecule has 51 heavy (non-hydrogen) atoms. The molecular weight excluding hydrogens is 638 g/mol. The van der Waals surface area contributed by atoms with Crippen molar-refractivity contribution in [2.45, 2.75) is 226 Å². The number of ether oxygens (including phenoxy) is 3. The second-order valence-electron chi connectivity index (χ2n) is 15.4. The number of hydrogen-bond donors (Lipinski definition) is 1. The molecule has 0 rings (SSSR count). The van der Waals surface area contributed by atoms with E-state index in [-0.39, 0.29) is 18.7 Å². The van der Waals surface area contributed by atoms with Gasteiger partial charge >= 0.3 is 12.1 Å². The third-order valence-electron chi connectivity index (χ3n) is 10.2. The highest BCUT2D eigenvalue weighted by molar-refractivity contribution is 5.69. The van der Waals surface area contributed by atoms with Crippen molar-refractivity contribution >= 4 is 12.1 Å². The van der Waals surface area contributed by atoms with Crippen molar-refractivity contribution in [1.82, 2.24) is 4.90 Å². The Kier molecular flexibility index (Phi) is 38.8. The van der Waals surface area contributed by atoms with E-state index in [4.69, 9.17) is 14.2 Å². The van der Waals surface area contributed by atoms with Gasteiger partial charge in [0.15, 0.2) is 0 Å². The monoisotopic (exact) mass is 726 g/mol. The van der Waals surface area contributed by atoms with Crippen LogP contribution in [0.25, 0.3) is 0 Å². The quantitative estimate of drug-likeness (QED) is 0.0497. The molecule has 0 aromatic rings. The third kappa shape index (κ3) is 36.8. The van der Waals surface area contributed by atoms with Crippen LogP contribution in [0.5, 0.6) is 0 Å². The van der Waals surface area contributed by atoms with Crippen molar-refractivity contribution in [2.75, 3.05) is 39.5 Å². The molecule has 1 atom stereocenters. The highest BCUT2D eigenvalue weighted by Gasteiger charge is 2.14. The largest absolute Gasteiger partial charge is 0.508 e. The van der Waals surface area contributed by atoms with E-state index in [0.717, 1.165) is 96.7 Å². The fourth-order valence-corrected chi connectivity index (χ4v) is 6.80. The number of nitrogens with zero attached hydrogens (tertiary/aromatic N) is 1. The van der Waals surface area contributed by atoms with E-state index >= 15 is 0 Å². The lowest BCUT2D eigenvalue weighted by Crippen LogP contribution is -2.29. The van der Waals surface area contributed by atoms with Gasteiger partial charge in [0.05, 0.1) is 19.8 Å². The summed E-state index contributed by atoms with van der Waals surface area (Å²) in [5.74, 6) is 0.389. The molecule has 0 aromatic carbocycles. The highest BCUT2D eigenvalue weighted by atomic mass is 16.7. The molecule has 0 amide bonds. The van der Waals surface area contributed by atoms with E-state index in [0.29, 0.717) is 25.6 Å². The Hall–Kier alpha value is -1.34.